The third-order valence-corrected chi connectivity index (χ3v) is 23.2. The summed E-state index contributed by atoms with van der Waals surface area (Å²) in [6.45, 7) is 27.5. The van der Waals surface area contributed by atoms with Crippen molar-refractivity contribution in [1.29, 1.82) is 0 Å². The van der Waals surface area contributed by atoms with E-state index in [1.807, 2.05) is 0 Å². The van der Waals surface area contributed by atoms with Crippen LogP contribution in [0.4, 0.5) is 0 Å². The fourth-order valence-corrected chi connectivity index (χ4v) is 11.2. The zero-order chi connectivity index (χ0) is 36.5. The molecule has 4 heterocycles. The van der Waals surface area contributed by atoms with Crippen LogP contribution in [0.2, 0.25) is 36.3 Å². The number of hydrogen-bond acceptors (Lipinski definition) is 4. The minimum absolute atomic E-state index is 0.284. The van der Waals surface area contributed by atoms with E-state index in [1.54, 1.807) is 5.56 Å². The molecule has 278 valence electrons. The first-order valence-electron chi connectivity index (χ1n) is 19.8. The van der Waals surface area contributed by atoms with Gasteiger partial charge in [-0.05, 0) is 115 Å². The van der Waals surface area contributed by atoms with E-state index < -0.39 is 16.6 Å². The van der Waals surface area contributed by atoms with Crippen molar-refractivity contribution in [3.8, 4) is 0 Å². The average molecular weight is 727 g/mol. The van der Waals surface area contributed by atoms with E-state index in [0.29, 0.717) is 35.8 Å². The summed E-state index contributed by atoms with van der Waals surface area (Å²) in [7, 11) is -1.02. The SMILES string of the molecule is CC(C)(C)[Si](C)(C)OC[C@H]1CN[C@@H]2Cc3c[nH]c4cccc(c34)[C@H]2C1.CN1C[C@H](CO[Si](C)(C)C(C)(C)C)C[C@@H]2c3cccc4[nH]cc(c34)C[C@H]21. The van der Waals surface area contributed by atoms with E-state index in [0.717, 1.165) is 32.7 Å². The third kappa shape index (κ3) is 7.10. The van der Waals surface area contributed by atoms with Crippen LogP contribution >= 0.6 is 0 Å². The molecule has 4 aliphatic rings. The van der Waals surface area contributed by atoms with Crippen LogP contribution < -0.4 is 5.32 Å². The van der Waals surface area contributed by atoms with E-state index in [9.17, 15) is 0 Å². The lowest BCUT2D eigenvalue weighted by molar-refractivity contribution is 0.0799. The van der Waals surface area contributed by atoms with Crippen LogP contribution in [0, 0.1) is 11.8 Å². The summed E-state index contributed by atoms with van der Waals surface area (Å²) in [5, 5.41) is 7.39. The number of nitrogens with zero attached hydrogens (tertiary/aromatic N) is 1. The van der Waals surface area contributed by atoms with Gasteiger partial charge in [0.05, 0.1) is 0 Å². The van der Waals surface area contributed by atoms with Crippen molar-refractivity contribution in [3.63, 3.8) is 0 Å². The van der Waals surface area contributed by atoms with Crippen molar-refractivity contribution >= 4 is 38.4 Å². The number of H-pyrrole nitrogens is 2. The predicted molar refractivity (Wildman–Crippen MR) is 220 cm³/mol. The number of likely N-dealkylation sites (N-methyl/N-ethyl adjacent to an activating group) is 1. The smallest absolute Gasteiger partial charge is 0.191 e. The molecule has 0 radical (unpaired) electrons. The molecule has 6 nitrogen and oxygen atoms in total. The van der Waals surface area contributed by atoms with Gasteiger partial charge < -0.3 is 29.0 Å². The van der Waals surface area contributed by atoms with Crippen LogP contribution in [-0.4, -0.2) is 76.9 Å². The van der Waals surface area contributed by atoms with Crippen molar-refractivity contribution in [2.75, 3.05) is 33.4 Å². The number of hydrogen-bond donors (Lipinski definition) is 3. The van der Waals surface area contributed by atoms with E-state index >= 15 is 0 Å². The lowest BCUT2D eigenvalue weighted by Gasteiger charge is -2.46. The van der Waals surface area contributed by atoms with Crippen molar-refractivity contribution in [3.05, 3.63) is 71.0 Å². The van der Waals surface area contributed by atoms with E-state index in [-0.39, 0.29) is 10.1 Å². The monoisotopic (exact) mass is 726 g/mol. The first-order valence-corrected chi connectivity index (χ1v) is 25.6. The van der Waals surface area contributed by atoms with Crippen molar-refractivity contribution < 1.29 is 8.85 Å². The van der Waals surface area contributed by atoms with Crippen LogP contribution in [0.15, 0.2) is 48.8 Å². The summed E-state index contributed by atoms with van der Waals surface area (Å²) >= 11 is 0. The molecule has 0 unspecified atom stereocenters. The summed E-state index contributed by atoms with van der Waals surface area (Å²) in [5.41, 5.74) is 8.67. The van der Waals surface area contributed by atoms with Gasteiger partial charge in [-0.25, -0.2) is 0 Å². The molecule has 2 saturated heterocycles. The van der Waals surface area contributed by atoms with Gasteiger partial charge in [-0.2, -0.15) is 0 Å². The maximum absolute atomic E-state index is 6.60. The average Bonchev–Trinajstić information content (AvgIpc) is 3.68. The molecule has 6 atom stereocenters. The fraction of sp³-hybridized carbons (Fsp3) is 0.628. The number of aromatic nitrogens is 2. The maximum atomic E-state index is 6.60. The minimum Gasteiger partial charge on any atom is -0.416 e. The summed E-state index contributed by atoms with van der Waals surface area (Å²) in [4.78, 5) is 9.54. The number of benzene rings is 2. The topological polar surface area (TPSA) is 65.3 Å². The Morgan fingerprint density at radius 3 is 1.78 bits per heavy atom. The van der Waals surface area contributed by atoms with Crippen molar-refractivity contribution in [2.45, 2.75) is 127 Å². The first-order chi connectivity index (χ1) is 23.9. The standard InChI is InChI=1S/C22H34N2OSi.C21H32N2OSi/c1-22(2,3)26(5,6)25-14-15-10-18-17-8-7-9-19-21(17)16(12-23-19)11-20(18)24(4)13-15;1-21(2,3)25(4,5)24-13-14-9-17-16-7-6-8-18-20(16)15(12-23-18)10-19(17)22-11-14/h7-9,12,15,18,20,23H,10-11,13-14H2,1-6H3;6-8,12,14,17,19,22-23H,9-11,13H2,1-5H3/t15-,18-,20-;14-,17-,19-/m11/s1. The minimum atomic E-state index is -1.67. The molecule has 2 aliphatic heterocycles. The Bertz CT molecular complexity index is 1850. The number of likely N-dealkylation sites (tertiary alicyclic amines) is 1. The Hall–Kier alpha value is -2.21. The van der Waals surface area contributed by atoms with Crippen LogP contribution in [0.5, 0.6) is 0 Å². The molecule has 51 heavy (non-hydrogen) atoms. The van der Waals surface area contributed by atoms with E-state index in [2.05, 4.69) is 144 Å². The number of aromatic amines is 2. The molecule has 0 amide bonds. The second kappa shape index (κ2) is 13.6. The molecule has 4 aromatic rings. The molecule has 0 saturated carbocycles. The highest BCUT2D eigenvalue weighted by Crippen LogP contribution is 2.46. The zero-order valence-corrected chi connectivity index (χ0v) is 35.5. The second-order valence-electron chi connectivity index (χ2n) is 19.7. The van der Waals surface area contributed by atoms with Gasteiger partial charge in [0.25, 0.3) is 0 Å². The zero-order valence-electron chi connectivity index (χ0n) is 33.5. The van der Waals surface area contributed by atoms with Crippen molar-refractivity contribution in [2.24, 2.45) is 11.8 Å². The molecule has 0 spiro atoms. The molecule has 3 N–H and O–H groups in total. The van der Waals surface area contributed by atoms with Crippen LogP contribution in [0.25, 0.3) is 21.8 Å². The van der Waals surface area contributed by atoms with Gasteiger partial charge in [-0.15, -0.1) is 0 Å². The van der Waals surface area contributed by atoms with Crippen LogP contribution in [-0.2, 0) is 21.7 Å². The molecule has 2 fully saturated rings. The highest BCUT2D eigenvalue weighted by atomic mass is 28.4. The molecule has 2 aromatic heterocycles. The highest BCUT2D eigenvalue weighted by Gasteiger charge is 2.43. The fourth-order valence-electron chi connectivity index (χ4n) is 9.01. The first kappa shape index (κ1) is 37.1. The predicted octanol–water partition coefficient (Wildman–Crippen LogP) is 9.96. The summed E-state index contributed by atoms with van der Waals surface area (Å²) in [6.07, 6.45) is 9.26. The quantitative estimate of drug-likeness (QED) is 0.173. The van der Waals surface area contributed by atoms with Gasteiger partial charge in [0.15, 0.2) is 16.6 Å². The molecular weight excluding hydrogens is 661 g/mol. The highest BCUT2D eigenvalue weighted by molar-refractivity contribution is 6.74. The van der Waals surface area contributed by atoms with Gasteiger partial charge >= 0.3 is 0 Å². The van der Waals surface area contributed by atoms with E-state index in [1.165, 1.54) is 57.8 Å². The Morgan fingerprint density at radius 1 is 0.706 bits per heavy atom. The molecular formula is C43H66N4O2Si2. The number of nitrogens with one attached hydrogen (secondary N) is 3. The van der Waals surface area contributed by atoms with Gasteiger partial charge in [0.1, 0.15) is 0 Å². The van der Waals surface area contributed by atoms with Crippen LogP contribution in [0.3, 0.4) is 0 Å². The molecule has 0 bridgehead atoms. The Morgan fingerprint density at radius 2 is 1.22 bits per heavy atom. The largest absolute Gasteiger partial charge is 0.416 e. The van der Waals surface area contributed by atoms with Gasteiger partial charge in [-0.1, -0.05) is 65.8 Å². The van der Waals surface area contributed by atoms with E-state index in [4.69, 9.17) is 8.85 Å². The normalized spacial score (nSPS) is 26.8. The molecule has 8 rings (SSSR count). The third-order valence-electron chi connectivity index (χ3n) is 14.2. The molecule has 2 aliphatic carbocycles. The number of fused-ring (bicyclic) bond motifs is 4. The Balaban J connectivity index is 0.000000159. The van der Waals surface area contributed by atoms with Crippen molar-refractivity contribution in [1.82, 2.24) is 20.2 Å². The molecule has 2 aromatic carbocycles. The molecule has 8 heteroatoms. The maximum Gasteiger partial charge on any atom is 0.191 e. The number of piperidine rings is 2. The van der Waals surface area contributed by atoms with Gasteiger partial charge in [0.2, 0.25) is 0 Å². The summed E-state index contributed by atoms with van der Waals surface area (Å²) < 4.78 is 13.1. The Kier molecular flexibility index (Phi) is 9.88. The van der Waals surface area contributed by atoms with Gasteiger partial charge in [-0.3, -0.25) is 0 Å². The number of rotatable bonds is 6. The summed E-state index contributed by atoms with van der Waals surface area (Å²) in [5.74, 6) is 2.50. The van der Waals surface area contributed by atoms with Gasteiger partial charge in [0, 0.05) is 84.4 Å². The second-order valence-corrected chi connectivity index (χ2v) is 29.3. The lowest BCUT2D eigenvalue weighted by Crippen LogP contribution is -2.50. The summed E-state index contributed by atoms with van der Waals surface area (Å²) in [6, 6.07) is 14.8. The lowest BCUT2D eigenvalue weighted by atomic mass is 9.72. The Labute approximate surface area is 310 Å². The van der Waals surface area contributed by atoms with Crippen LogP contribution in [0.1, 0.15) is 88.5 Å².